The molecule has 0 unspecified atom stereocenters. The van der Waals surface area contributed by atoms with E-state index in [1.54, 1.807) is 17.1 Å². The van der Waals surface area contributed by atoms with Crippen molar-refractivity contribution in [2.24, 2.45) is 11.7 Å². The van der Waals surface area contributed by atoms with E-state index in [9.17, 15) is 8.42 Å². The van der Waals surface area contributed by atoms with Crippen molar-refractivity contribution in [1.29, 1.82) is 0 Å². The molecule has 0 aliphatic carbocycles. The van der Waals surface area contributed by atoms with Crippen LogP contribution in [0.1, 0.15) is 12.8 Å². The number of nitrogens with two attached hydrogens (primary N) is 1. The summed E-state index contributed by atoms with van der Waals surface area (Å²) in [5, 5.41) is 4.02. The molecular weight excluding hydrogens is 266 g/mol. The molecule has 0 aromatic carbocycles. The second kappa shape index (κ2) is 6.47. The van der Waals surface area contributed by atoms with Gasteiger partial charge in [-0.25, -0.2) is 4.72 Å². The highest BCUT2D eigenvalue weighted by atomic mass is 32.2. The number of nitrogens with zero attached hydrogens (tertiary/aromatic N) is 3. The zero-order chi connectivity index (χ0) is 13.7. The van der Waals surface area contributed by atoms with Crippen LogP contribution >= 0.6 is 0 Å². The van der Waals surface area contributed by atoms with Gasteiger partial charge >= 0.3 is 0 Å². The van der Waals surface area contributed by atoms with E-state index in [0.717, 1.165) is 12.8 Å². The van der Waals surface area contributed by atoms with Crippen LogP contribution in [0.2, 0.25) is 0 Å². The first-order chi connectivity index (χ1) is 9.12. The highest BCUT2D eigenvalue weighted by Crippen LogP contribution is 2.17. The van der Waals surface area contributed by atoms with Crippen LogP contribution in [-0.4, -0.2) is 48.7 Å². The van der Waals surface area contributed by atoms with Crippen molar-refractivity contribution in [2.45, 2.75) is 19.4 Å². The van der Waals surface area contributed by atoms with E-state index in [4.69, 9.17) is 5.73 Å². The van der Waals surface area contributed by atoms with Crippen molar-refractivity contribution in [1.82, 2.24) is 18.8 Å². The van der Waals surface area contributed by atoms with Gasteiger partial charge in [0.2, 0.25) is 0 Å². The van der Waals surface area contributed by atoms with Gasteiger partial charge in [-0.05, 0) is 31.4 Å². The third-order valence-electron chi connectivity index (χ3n) is 3.43. The summed E-state index contributed by atoms with van der Waals surface area (Å²) in [6.45, 7) is 2.63. The highest BCUT2D eigenvalue weighted by Gasteiger charge is 2.26. The van der Waals surface area contributed by atoms with Crippen LogP contribution in [-0.2, 0) is 16.8 Å². The number of rotatable bonds is 6. The van der Waals surface area contributed by atoms with Crippen LogP contribution < -0.4 is 10.5 Å². The minimum Gasteiger partial charge on any atom is -0.330 e. The van der Waals surface area contributed by atoms with Crippen LogP contribution in [0.3, 0.4) is 0 Å². The molecule has 2 heterocycles. The normalized spacial score (nSPS) is 18.8. The molecule has 8 heteroatoms. The van der Waals surface area contributed by atoms with E-state index >= 15 is 0 Å². The number of hydrogen-bond acceptors (Lipinski definition) is 4. The zero-order valence-corrected chi connectivity index (χ0v) is 11.7. The van der Waals surface area contributed by atoms with Crippen molar-refractivity contribution in [2.75, 3.05) is 26.2 Å². The molecule has 0 bridgehead atoms. The molecule has 0 amide bonds. The van der Waals surface area contributed by atoms with E-state index in [-0.39, 0.29) is 0 Å². The van der Waals surface area contributed by atoms with Crippen LogP contribution in [0, 0.1) is 5.92 Å². The second-order valence-electron chi connectivity index (χ2n) is 4.75. The molecule has 0 atom stereocenters. The van der Waals surface area contributed by atoms with E-state index < -0.39 is 10.2 Å². The van der Waals surface area contributed by atoms with Crippen LogP contribution in [0.15, 0.2) is 18.5 Å². The smallest absolute Gasteiger partial charge is 0.279 e. The van der Waals surface area contributed by atoms with Crippen molar-refractivity contribution >= 4 is 10.2 Å². The highest BCUT2D eigenvalue weighted by molar-refractivity contribution is 7.87. The van der Waals surface area contributed by atoms with Gasteiger partial charge in [0, 0.05) is 32.0 Å². The molecule has 0 radical (unpaired) electrons. The maximum absolute atomic E-state index is 12.1. The lowest BCUT2D eigenvalue weighted by Crippen LogP contribution is -2.46. The Hall–Kier alpha value is -0.960. The molecule has 108 valence electrons. The molecule has 0 saturated carbocycles. The molecule has 1 aromatic rings. The number of piperidine rings is 1. The Balaban J connectivity index is 1.78. The Kier molecular flexibility index (Phi) is 4.92. The fourth-order valence-corrected chi connectivity index (χ4v) is 3.42. The molecule has 3 N–H and O–H groups in total. The van der Waals surface area contributed by atoms with E-state index in [1.807, 2.05) is 6.07 Å². The van der Waals surface area contributed by atoms with Crippen molar-refractivity contribution in [3.63, 3.8) is 0 Å². The standard InChI is InChI=1S/C11H21N5O2S/c12-10-11-2-7-16(8-3-11)19(17,18)14-5-9-15-6-1-4-13-15/h1,4,6,11,14H,2-3,5,7-10,12H2. The van der Waals surface area contributed by atoms with Gasteiger partial charge in [0.15, 0.2) is 0 Å². The Morgan fingerprint density at radius 2 is 2.11 bits per heavy atom. The zero-order valence-electron chi connectivity index (χ0n) is 10.9. The van der Waals surface area contributed by atoms with Crippen LogP contribution in [0.5, 0.6) is 0 Å². The quantitative estimate of drug-likeness (QED) is 0.730. The number of nitrogens with one attached hydrogen (secondary N) is 1. The summed E-state index contributed by atoms with van der Waals surface area (Å²) in [7, 11) is -3.37. The van der Waals surface area contributed by atoms with Gasteiger partial charge in [-0.3, -0.25) is 4.68 Å². The Bertz CT molecular complexity index is 465. The molecule has 0 spiro atoms. The summed E-state index contributed by atoms with van der Waals surface area (Å²) in [6.07, 6.45) is 5.17. The van der Waals surface area contributed by atoms with E-state index in [1.165, 1.54) is 4.31 Å². The second-order valence-corrected chi connectivity index (χ2v) is 6.50. The average Bonchev–Trinajstić information content (AvgIpc) is 2.92. The molecule has 1 fully saturated rings. The first kappa shape index (κ1) is 14.4. The molecule has 1 aliphatic rings. The Labute approximate surface area is 113 Å². The molecule has 1 aliphatic heterocycles. The van der Waals surface area contributed by atoms with E-state index in [2.05, 4.69) is 9.82 Å². The molecule has 19 heavy (non-hydrogen) atoms. The van der Waals surface area contributed by atoms with Crippen molar-refractivity contribution in [3.05, 3.63) is 18.5 Å². The van der Waals surface area contributed by atoms with Gasteiger partial charge in [-0.2, -0.15) is 17.8 Å². The third-order valence-corrected chi connectivity index (χ3v) is 5.05. The van der Waals surface area contributed by atoms with Crippen LogP contribution in [0.25, 0.3) is 0 Å². The fourth-order valence-electron chi connectivity index (χ4n) is 2.20. The molecule has 7 nitrogen and oxygen atoms in total. The van der Waals surface area contributed by atoms with Crippen LogP contribution in [0.4, 0.5) is 0 Å². The summed E-state index contributed by atoms with van der Waals surface area (Å²) < 4.78 is 29.9. The number of hydrogen-bond donors (Lipinski definition) is 2. The van der Waals surface area contributed by atoms with Crippen molar-refractivity contribution < 1.29 is 8.42 Å². The van der Waals surface area contributed by atoms with Gasteiger partial charge in [0.1, 0.15) is 0 Å². The lowest BCUT2D eigenvalue weighted by molar-refractivity contribution is 0.275. The number of aromatic nitrogens is 2. The molecule has 2 rings (SSSR count). The van der Waals surface area contributed by atoms with Crippen molar-refractivity contribution in [3.8, 4) is 0 Å². The monoisotopic (exact) mass is 287 g/mol. The molecule has 1 aromatic heterocycles. The SMILES string of the molecule is NCC1CCN(S(=O)(=O)NCCn2cccn2)CC1. The van der Waals surface area contributed by atoms with Gasteiger partial charge in [-0.1, -0.05) is 0 Å². The summed E-state index contributed by atoms with van der Waals surface area (Å²) in [5.41, 5.74) is 5.60. The van der Waals surface area contributed by atoms with Gasteiger partial charge < -0.3 is 5.73 Å². The maximum Gasteiger partial charge on any atom is 0.279 e. The molecular formula is C11H21N5O2S. The van der Waals surface area contributed by atoms with Gasteiger partial charge in [-0.15, -0.1) is 0 Å². The summed E-state index contributed by atoms with van der Waals surface area (Å²) in [4.78, 5) is 0. The largest absolute Gasteiger partial charge is 0.330 e. The Morgan fingerprint density at radius 1 is 1.37 bits per heavy atom. The average molecular weight is 287 g/mol. The topological polar surface area (TPSA) is 93.2 Å². The lowest BCUT2D eigenvalue weighted by Gasteiger charge is -2.30. The summed E-state index contributed by atoms with van der Waals surface area (Å²) >= 11 is 0. The van der Waals surface area contributed by atoms with Gasteiger partial charge in [0.05, 0.1) is 6.54 Å². The van der Waals surface area contributed by atoms with Gasteiger partial charge in [0.25, 0.3) is 10.2 Å². The molecule has 1 saturated heterocycles. The minimum atomic E-state index is -3.37. The first-order valence-corrected chi connectivity index (χ1v) is 7.98. The Morgan fingerprint density at radius 3 is 2.68 bits per heavy atom. The predicted octanol–water partition coefficient (Wildman–Crippen LogP) is -0.612. The first-order valence-electron chi connectivity index (χ1n) is 6.54. The fraction of sp³-hybridized carbons (Fsp3) is 0.727. The summed E-state index contributed by atoms with van der Waals surface area (Å²) in [5.74, 6) is 0.454. The van der Waals surface area contributed by atoms with E-state index in [0.29, 0.717) is 38.6 Å². The third kappa shape index (κ3) is 4.00. The minimum absolute atomic E-state index is 0.348. The lowest BCUT2D eigenvalue weighted by atomic mass is 9.99. The summed E-state index contributed by atoms with van der Waals surface area (Å²) in [6, 6.07) is 1.81. The predicted molar refractivity (Wildman–Crippen MR) is 72.5 cm³/mol. The maximum atomic E-state index is 12.1.